The fourth-order valence-corrected chi connectivity index (χ4v) is 4.50. The molecule has 2 unspecified atom stereocenters. The van der Waals surface area contributed by atoms with Crippen LogP contribution < -0.4 is 9.50 Å². The second-order valence-electron chi connectivity index (χ2n) is 6.55. The fourth-order valence-electron chi connectivity index (χ4n) is 3.90. The molecule has 2 aliphatic rings. The molecule has 1 heterocycles. The lowest BCUT2D eigenvalue weighted by Crippen LogP contribution is -2.12. The molecule has 1 aromatic carbocycles. The van der Waals surface area contributed by atoms with E-state index in [0.29, 0.717) is 11.6 Å². The van der Waals surface area contributed by atoms with E-state index >= 15 is 0 Å². The number of pyridine rings is 1. The van der Waals surface area contributed by atoms with Gasteiger partial charge in [-0.05, 0) is 54.9 Å². The Hall–Kier alpha value is -1.86. The standard InChI is InChI=1S/C17H16ClFN2O3S/c1-25(22,23)24-17-16-10-3-2-9(6-10)15(16)14(8-20-17)21-11-4-5-13(19)12(18)7-11/h4-5,7-10,21H,2-3,6H2,1H3. The van der Waals surface area contributed by atoms with Gasteiger partial charge in [0.05, 0.1) is 23.2 Å². The predicted molar refractivity (Wildman–Crippen MR) is 93.7 cm³/mol. The zero-order valence-electron chi connectivity index (χ0n) is 13.4. The van der Waals surface area contributed by atoms with Crippen molar-refractivity contribution in [2.24, 2.45) is 0 Å². The summed E-state index contributed by atoms with van der Waals surface area (Å²) in [5, 5.41) is 3.26. The van der Waals surface area contributed by atoms with Crippen molar-refractivity contribution in [3.63, 3.8) is 0 Å². The lowest BCUT2D eigenvalue weighted by Gasteiger charge is -2.21. The number of rotatable bonds is 4. The van der Waals surface area contributed by atoms with Gasteiger partial charge in [-0.2, -0.15) is 8.42 Å². The number of fused-ring (bicyclic) bond motifs is 5. The van der Waals surface area contributed by atoms with Crippen LogP contribution in [-0.2, 0) is 10.1 Å². The van der Waals surface area contributed by atoms with Crippen molar-refractivity contribution in [1.29, 1.82) is 0 Å². The van der Waals surface area contributed by atoms with E-state index in [0.717, 1.165) is 42.3 Å². The Morgan fingerprint density at radius 2 is 2.00 bits per heavy atom. The third-order valence-corrected chi connectivity index (χ3v) is 5.55. The first-order chi connectivity index (χ1) is 11.8. The Morgan fingerprint density at radius 3 is 2.68 bits per heavy atom. The van der Waals surface area contributed by atoms with Gasteiger partial charge in [0.25, 0.3) is 0 Å². The van der Waals surface area contributed by atoms with Crippen LogP contribution in [0.2, 0.25) is 5.02 Å². The minimum absolute atomic E-state index is 0.0353. The van der Waals surface area contributed by atoms with E-state index in [1.54, 1.807) is 12.3 Å². The van der Waals surface area contributed by atoms with Crippen molar-refractivity contribution in [3.8, 4) is 5.88 Å². The molecule has 132 valence electrons. The van der Waals surface area contributed by atoms with Crippen LogP contribution in [0.4, 0.5) is 15.8 Å². The van der Waals surface area contributed by atoms with E-state index in [1.807, 2.05) is 0 Å². The second kappa shape index (κ2) is 5.85. The first kappa shape index (κ1) is 16.6. The Balaban J connectivity index is 1.76. The van der Waals surface area contributed by atoms with E-state index < -0.39 is 15.9 Å². The molecule has 0 spiro atoms. The number of hydrogen-bond donors (Lipinski definition) is 1. The third-order valence-electron chi connectivity index (χ3n) is 4.80. The van der Waals surface area contributed by atoms with Crippen LogP contribution in [0, 0.1) is 5.82 Å². The van der Waals surface area contributed by atoms with Crippen LogP contribution >= 0.6 is 11.6 Å². The van der Waals surface area contributed by atoms with Gasteiger partial charge in [-0.15, -0.1) is 0 Å². The quantitative estimate of drug-likeness (QED) is 0.797. The molecule has 1 fully saturated rings. The van der Waals surface area contributed by atoms with Gasteiger partial charge in [0, 0.05) is 11.3 Å². The maximum Gasteiger partial charge on any atom is 0.307 e. The molecule has 1 aromatic heterocycles. The molecular weight excluding hydrogens is 367 g/mol. The summed E-state index contributed by atoms with van der Waals surface area (Å²) in [5.41, 5.74) is 3.35. The highest BCUT2D eigenvalue weighted by atomic mass is 35.5. The molecule has 2 aliphatic carbocycles. The number of nitrogens with one attached hydrogen (secondary N) is 1. The van der Waals surface area contributed by atoms with Crippen molar-refractivity contribution in [1.82, 2.24) is 4.98 Å². The molecule has 2 bridgehead atoms. The number of anilines is 2. The highest BCUT2D eigenvalue weighted by Crippen LogP contribution is 2.57. The van der Waals surface area contributed by atoms with Crippen LogP contribution in [0.25, 0.3) is 0 Å². The van der Waals surface area contributed by atoms with Gasteiger partial charge >= 0.3 is 10.1 Å². The molecule has 0 saturated heterocycles. The van der Waals surface area contributed by atoms with Crippen molar-refractivity contribution in [2.45, 2.75) is 31.1 Å². The molecule has 8 heteroatoms. The molecule has 5 nitrogen and oxygen atoms in total. The van der Waals surface area contributed by atoms with Gasteiger partial charge in [-0.1, -0.05) is 11.6 Å². The molecule has 1 N–H and O–H groups in total. The maximum atomic E-state index is 13.3. The van der Waals surface area contributed by atoms with Crippen LogP contribution in [-0.4, -0.2) is 19.7 Å². The summed E-state index contributed by atoms with van der Waals surface area (Å²) in [4.78, 5) is 4.22. The number of halogens is 2. The van der Waals surface area contributed by atoms with Crippen LogP contribution in [0.15, 0.2) is 24.4 Å². The lowest BCUT2D eigenvalue weighted by atomic mass is 9.91. The predicted octanol–water partition coefficient (Wildman–Crippen LogP) is 4.32. The van der Waals surface area contributed by atoms with Crippen LogP contribution in [0.5, 0.6) is 5.88 Å². The Bertz CT molecular complexity index is 965. The SMILES string of the molecule is CS(=O)(=O)Oc1ncc(Nc2ccc(F)c(Cl)c2)c2c1C1CCC2C1. The number of benzene rings is 1. The third kappa shape index (κ3) is 3.06. The average molecular weight is 383 g/mol. The van der Waals surface area contributed by atoms with Crippen molar-refractivity contribution >= 4 is 33.1 Å². The van der Waals surface area contributed by atoms with Gasteiger partial charge in [0.1, 0.15) is 5.82 Å². The minimum Gasteiger partial charge on any atom is -0.361 e. The zero-order chi connectivity index (χ0) is 17.8. The number of hydrogen-bond acceptors (Lipinski definition) is 5. The van der Waals surface area contributed by atoms with Gasteiger partial charge in [0.15, 0.2) is 0 Å². The maximum absolute atomic E-state index is 13.3. The molecule has 25 heavy (non-hydrogen) atoms. The van der Waals surface area contributed by atoms with E-state index in [9.17, 15) is 12.8 Å². The first-order valence-corrected chi connectivity index (χ1v) is 10.2. The normalized spacial score (nSPS) is 21.2. The van der Waals surface area contributed by atoms with E-state index in [4.69, 9.17) is 15.8 Å². The highest BCUT2D eigenvalue weighted by Gasteiger charge is 2.42. The second-order valence-corrected chi connectivity index (χ2v) is 8.53. The van der Waals surface area contributed by atoms with Crippen molar-refractivity contribution < 1.29 is 17.0 Å². The lowest BCUT2D eigenvalue weighted by molar-refractivity contribution is 0.474. The number of aromatic nitrogens is 1. The molecule has 2 aromatic rings. The summed E-state index contributed by atoms with van der Waals surface area (Å²) in [6.07, 6.45) is 5.61. The summed E-state index contributed by atoms with van der Waals surface area (Å²) >= 11 is 5.84. The smallest absolute Gasteiger partial charge is 0.307 e. The van der Waals surface area contributed by atoms with Crippen LogP contribution in [0.3, 0.4) is 0 Å². The van der Waals surface area contributed by atoms with Gasteiger partial charge in [0.2, 0.25) is 5.88 Å². The summed E-state index contributed by atoms with van der Waals surface area (Å²) in [7, 11) is -3.64. The van der Waals surface area contributed by atoms with Crippen molar-refractivity contribution in [2.75, 3.05) is 11.6 Å². The molecule has 1 saturated carbocycles. The van der Waals surface area contributed by atoms with E-state index in [1.165, 1.54) is 12.1 Å². The molecule has 4 rings (SSSR count). The minimum atomic E-state index is -3.64. The van der Waals surface area contributed by atoms with Gasteiger partial charge < -0.3 is 9.50 Å². The Kier molecular flexibility index (Phi) is 3.88. The topological polar surface area (TPSA) is 68.3 Å². The van der Waals surface area contributed by atoms with Crippen LogP contribution in [0.1, 0.15) is 42.2 Å². The molecular formula is C17H16ClFN2O3S. The average Bonchev–Trinajstić information content (AvgIpc) is 3.14. The molecule has 2 atom stereocenters. The summed E-state index contributed by atoms with van der Waals surface area (Å²) in [5.74, 6) is 0.310. The summed E-state index contributed by atoms with van der Waals surface area (Å²) in [6.45, 7) is 0. The first-order valence-electron chi connectivity index (χ1n) is 7.96. The monoisotopic (exact) mass is 382 g/mol. The zero-order valence-corrected chi connectivity index (χ0v) is 15.0. The largest absolute Gasteiger partial charge is 0.361 e. The van der Waals surface area contributed by atoms with E-state index in [2.05, 4.69) is 10.3 Å². The van der Waals surface area contributed by atoms with Gasteiger partial charge in [-0.3, -0.25) is 0 Å². The van der Waals surface area contributed by atoms with Gasteiger partial charge in [-0.25, -0.2) is 9.37 Å². The van der Waals surface area contributed by atoms with E-state index in [-0.39, 0.29) is 16.8 Å². The number of nitrogens with zero attached hydrogens (tertiary/aromatic N) is 1. The summed E-state index contributed by atoms with van der Waals surface area (Å²) < 4.78 is 41.5. The Labute approximate surface area is 150 Å². The fraction of sp³-hybridized carbons (Fsp3) is 0.353. The highest BCUT2D eigenvalue weighted by molar-refractivity contribution is 7.86. The summed E-state index contributed by atoms with van der Waals surface area (Å²) in [6, 6.07) is 4.41. The van der Waals surface area contributed by atoms with Crippen molar-refractivity contribution in [3.05, 3.63) is 46.4 Å². The molecule has 0 radical (unpaired) electrons. The Morgan fingerprint density at radius 1 is 1.28 bits per heavy atom. The molecule has 0 amide bonds. The molecule has 0 aliphatic heterocycles.